The molecule has 0 atom stereocenters. The number of carboxylic acid groups (broad SMARTS) is 1. The summed E-state index contributed by atoms with van der Waals surface area (Å²) < 4.78 is 15.0. The van der Waals surface area contributed by atoms with Crippen LogP contribution in [0.5, 0.6) is 0 Å². The van der Waals surface area contributed by atoms with Gasteiger partial charge in [-0.2, -0.15) is 20.4 Å². The van der Waals surface area contributed by atoms with Crippen molar-refractivity contribution < 1.29 is 58.1 Å². The Kier molecular flexibility index (Phi) is 22.6. The summed E-state index contributed by atoms with van der Waals surface area (Å²) in [6, 6.07) is 22.0. The molecule has 0 aliphatic carbocycles. The van der Waals surface area contributed by atoms with Gasteiger partial charge in [-0.3, -0.25) is 54.6 Å². The van der Waals surface area contributed by atoms with Gasteiger partial charge in [0.15, 0.2) is 11.6 Å². The molecule has 0 radical (unpaired) electrons. The summed E-state index contributed by atoms with van der Waals surface area (Å²) in [6.45, 7) is 13.1. The molecule has 9 rings (SSSR count). The van der Waals surface area contributed by atoms with E-state index in [2.05, 4.69) is 60.2 Å². The summed E-state index contributed by atoms with van der Waals surface area (Å²) >= 11 is 0. The number of pyridine rings is 5. The Balaban J connectivity index is 0.000000190. The molecule has 24 heteroatoms. The standard InChI is InChI=1S/C18H24N4O3.C11H11N3O2.C11H11NO4.C9H7N3O2.C7H7NO/c1-17(2)10-13(11-18(3,4)22(17)24)25-16(23)15-9-14(20-21-15)12-5-7-19-8-6-12;1-2-16-11(15)10-7-9(13-14-10)8-3-5-12-6-4-8;1-2-16-11(15)10(14)7-9(13)8-3-5-12-6-4-8;13-9(14)8-5-7(11-12-8)6-1-3-10-4-2-6;1-6(9)7-2-4-8-5-3-7/h5-9,13,24H,10-11H2,1-4H3,(H,20,21);3-7H,2H2,1H3,(H,13,14);3-6H,2,7H2,1H3;1-5H,(H,11,12)(H,13,14);2-5H,1H3. The lowest BCUT2D eigenvalue weighted by Crippen LogP contribution is -2.60. The fourth-order valence-corrected chi connectivity index (χ4v) is 7.64. The van der Waals surface area contributed by atoms with E-state index in [4.69, 9.17) is 14.6 Å². The van der Waals surface area contributed by atoms with Crippen LogP contribution in [0.25, 0.3) is 33.8 Å². The van der Waals surface area contributed by atoms with Crippen molar-refractivity contribution in [3.8, 4) is 33.8 Å². The van der Waals surface area contributed by atoms with Crippen molar-refractivity contribution in [2.75, 3.05) is 13.2 Å². The number of carbonyl (C=O) groups is 7. The number of rotatable bonds is 14. The number of Topliss-reactive ketones (excluding diaryl/α,β-unsaturated/α-hetero) is 3. The maximum atomic E-state index is 12.5. The molecule has 0 amide bonds. The van der Waals surface area contributed by atoms with Crippen LogP contribution < -0.4 is 0 Å². The van der Waals surface area contributed by atoms with E-state index in [1.807, 2.05) is 52.0 Å². The first-order chi connectivity index (χ1) is 38.2. The van der Waals surface area contributed by atoms with E-state index < -0.39 is 52.9 Å². The average Bonchev–Trinajstić information content (AvgIpc) is 4.35. The number of aromatic nitrogens is 11. The number of hydroxylamine groups is 2. The highest BCUT2D eigenvalue weighted by atomic mass is 16.6. The quantitative estimate of drug-likeness (QED) is 0.0227. The second-order valence-corrected chi connectivity index (χ2v) is 18.4. The summed E-state index contributed by atoms with van der Waals surface area (Å²) in [5, 5.41) is 40.3. The minimum absolute atomic E-state index is 0.0804. The molecular weight excluding hydrogens is 1030 g/mol. The zero-order valence-electron chi connectivity index (χ0n) is 44.9. The molecule has 0 unspecified atom stereocenters. The zero-order valence-corrected chi connectivity index (χ0v) is 44.9. The number of nitrogens with one attached hydrogen (secondary N) is 3. The Labute approximate surface area is 459 Å². The molecule has 9 heterocycles. The van der Waals surface area contributed by atoms with Crippen molar-refractivity contribution in [1.82, 2.24) is 60.6 Å². The highest BCUT2D eigenvalue weighted by Gasteiger charge is 2.46. The van der Waals surface area contributed by atoms with Crippen LogP contribution in [-0.2, 0) is 23.8 Å². The molecule has 416 valence electrons. The van der Waals surface area contributed by atoms with E-state index in [1.165, 1.54) is 42.6 Å². The average molecular weight is 1090 g/mol. The fraction of sp³-hybridized carbons (Fsp3) is 0.268. The number of ether oxygens (including phenoxy) is 3. The lowest BCUT2D eigenvalue weighted by molar-refractivity contribution is -0.256. The molecule has 24 nitrogen and oxygen atoms in total. The van der Waals surface area contributed by atoms with Crippen LogP contribution in [0.1, 0.15) is 120 Å². The number of aromatic carboxylic acids is 1. The van der Waals surface area contributed by atoms with Gasteiger partial charge in [-0.1, -0.05) is 0 Å². The minimum atomic E-state index is -1.02. The Morgan fingerprint density at radius 3 is 1.27 bits per heavy atom. The Morgan fingerprint density at radius 2 is 0.912 bits per heavy atom. The lowest BCUT2D eigenvalue weighted by Gasteiger charge is -2.50. The molecule has 0 bridgehead atoms. The molecule has 1 saturated heterocycles. The van der Waals surface area contributed by atoms with Crippen LogP contribution in [0.15, 0.2) is 141 Å². The molecule has 8 aromatic rings. The van der Waals surface area contributed by atoms with Crippen molar-refractivity contribution in [1.29, 1.82) is 0 Å². The number of piperidine rings is 1. The first kappa shape index (κ1) is 61.0. The van der Waals surface area contributed by atoms with E-state index in [9.17, 15) is 38.8 Å². The monoisotopic (exact) mass is 1090 g/mol. The number of esters is 3. The van der Waals surface area contributed by atoms with E-state index in [1.54, 1.807) is 99.8 Å². The SMILES string of the molecule is CC(=O)c1ccncc1.CC1(C)CC(OC(=O)c2cc(-c3ccncc3)n[nH]2)CC(C)(C)N1O.CCOC(=O)C(=O)CC(=O)c1ccncc1.CCOC(=O)c1cc(-c2ccncc2)n[nH]1.O=C(O)c1cc(-c2ccncc2)n[nH]1. The smallest absolute Gasteiger partial charge is 0.375 e. The lowest BCUT2D eigenvalue weighted by atomic mass is 9.80. The van der Waals surface area contributed by atoms with Crippen molar-refractivity contribution >= 4 is 41.2 Å². The van der Waals surface area contributed by atoms with Gasteiger partial charge in [0, 0.05) is 114 Å². The number of hydrogen-bond acceptors (Lipinski definition) is 20. The third kappa shape index (κ3) is 18.4. The second-order valence-electron chi connectivity index (χ2n) is 18.4. The molecule has 1 aliphatic rings. The van der Waals surface area contributed by atoms with Gasteiger partial charge in [0.25, 0.3) is 0 Å². The number of aromatic amines is 3. The molecule has 0 saturated carbocycles. The predicted molar refractivity (Wildman–Crippen MR) is 288 cm³/mol. The third-order valence-electron chi connectivity index (χ3n) is 11.4. The Bertz CT molecular complexity index is 3260. The summed E-state index contributed by atoms with van der Waals surface area (Å²) in [4.78, 5) is 98.0. The number of nitrogens with zero attached hydrogens (tertiary/aromatic N) is 9. The molecule has 80 heavy (non-hydrogen) atoms. The van der Waals surface area contributed by atoms with Crippen molar-refractivity contribution in [3.63, 3.8) is 0 Å². The van der Waals surface area contributed by atoms with Crippen LogP contribution in [0.3, 0.4) is 0 Å². The van der Waals surface area contributed by atoms with Gasteiger partial charge < -0.3 is 24.5 Å². The number of H-pyrrole nitrogens is 3. The molecule has 5 N–H and O–H groups in total. The minimum Gasteiger partial charge on any atom is -0.477 e. The molecule has 0 aromatic carbocycles. The van der Waals surface area contributed by atoms with E-state index in [-0.39, 0.29) is 24.2 Å². The Morgan fingerprint density at radius 1 is 0.550 bits per heavy atom. The van der Waals surface area contributed by atoms with Crippen LogP contribution >= 0.6 is 0 Å². The van der Waals surface area contributed by atoms with Crippen molar-refractivity contribution in [2.45, 2.75) is 84.9 Å². The van der Waals surface area contributed by atoms with Crippen molar-refractivity contribution in [3.05, 3.63) is 169 Å². The molecule has 1 aliphatic heterocycles. The van der Waals surface area contributed by atoms with Gasteiger partial charge in [0.05, 0.1) is 36.7 Å². The molecular formula is C56H60N12O12. The summed E-state index contributed by atoms with van der Waals surface area (Å²) in [7, 11) is 0. The number of hydrogen-bond donors (Lipinski definition) is 5. The summed E-state index contributed by atoms with van der Waals surface area (Å²) in [5.74, 6) is -3.98. The topological polar surface area (TPSA) is 341 Å². The van der Waals surface area contributed by atoms with E-state index in [0.29, 0.717) is 59.0 Å². The van der Waals surface area contributed by atoms with Gasteiger partial charge >= 0.3 is 23.9 Å². The first-order valence-corrected chi connectivity index (χ1v) is 24.7. The predicted octanol–water partition coefficient (Wildman–Crippen LogP) is 7.93. The number of carbonyl (C=O) groups excluding carboxylic acids is 6. The van der Waals surface area contributed by atoms with Crippen molar-refractivity contribution in [2.24, 2.45) is 0 Å². The van der Waals surface area contributed by atoms with Crippen LogP contribution in [0, 0.1) is 0 Å². The highest BCUT2D eigenvalue weighted by Crippen LogP contribution is 2.38. The van der Waals surface area contributed by atoms with Gasteiger partial charge in [0.2, 0.25) is 5.78 Å². The van der Waals surface area contributed by atoms with Gasteiger partial charge in [-0.05, 0) is 127 Å². The maximum Gasteiger partial charge on any atom is 0.375 e. The van der Waals surface area contributed by atoms with Gasteiger partial charge in [-0.15, -0.1) is 0 Å². The molecule has 0 spiro atoms. The van der Waals surface area contributed by atoms with Crippen LogP contribution in [0.2, 0.25) is 0 Å². The molecule has 1 fully saturated rings. The van der Waals surface area contributed by atoms with Crippen LogP contribution in [-0.4, -0.2) is 143 Å². The third-order valence-corrected chi connectivity index (χ3v) is 11.4. The number of carboxylic acids is 1. The van der Waals surface area contributed by atoms with E-state index >= 15 is 0 Å². The zero-order chi connectivity index (χ0) is 58.2. The normalized spacial score (nSPS) is 13.1. The second kappa shape index (κ2) is 29.6. The molecule has 8 aromatic heterocycles. The van der Waals surface area contributed by atoms with Gasteiger partial charge in [0.1, 0.15) is 23.2 Å². The largest absolute Gasteiger partial charge is 0.477 e. The first-order valence-electron chi connectivity index (χ1n) is 24.7. The van der Waals surface area contributed by atoms with E-state index in [0.717, 1.165) is 16.7 Å². The Hall–Kier alpha value is -9.81. The summed E-state index contributed by atoms with van der Waals surface area (Å²) in [5.41, 5.74) is 5.46. The number of ketones is 3. The summed E-state index contributed by atoms with van der Waals surface area (Å²) in [6.07, 6.45) is 16.4. The van der Waals surface area contributed by atoms with Gasteiger partial charge in [-0.25, -0.2) is 19.2 Å². The maximum absolute atomic E-state index is 12.5. The highest BCUT2D eigenvalue weighted by molar-refractivity contribution is 6.38. The van der Waals surface area contributed by atoms with Crippen LogP contribution in [0.4, 0.5) is 0 Å². The fourth-order valence-electron chi connectivity index (χ4n) is 7.64.